The molecule has 1 nitrogen and oxygen atoms in total. The van der Waals surface area contributed by atoms with Crippen molar-refractivity contribution >= 4 is 0 Å². The zero-order chi connectivity index (χ0) is 21.9. The first-order chi connectivity index (χ1) is 14.0. The van der Waals surface area contributed by atoms with E-state index in [1.54, 1.807) is 0 Å². The van der Waals surface area contributed by atoms with Gasteiger partial charge in [-0.1, -0.05) is 64.8 Å². The van der Waals surface area contributed by atoms with E-state index in [4.69, 9.17) is 0 Å². The summed E-state index contributed by atoms with van der Waals surface area (Å²) in [5.41, 5.74) is 6.41. The standard InChI is InChI=1S/C29H48O/c1-19(2)20(3)8-9-21(4)24-13-16-29(7)26-11-10-22-18-23(30)12-15-27(22,5)25(26)14-17-28(24,29)6/h19,21-24,30H,3,8-18H2,1-2,4-7H3/t21-,22+,23-,24-,27+,28-,29+/m1/s1. The summed E-state index contributed by atoms with van der Waals surface area (Å²) in [6.45, 7) is 19.4. The zero-order valence-corrected chi connectivity index (χ0v) is 20.8. The van der Waals surface area contributed by atoms with E-state index in [-0.39, 0.29) is 6.10 Å². The topological polar surface area (TPSA) is 20.2 Å². The number of rotatable bonds is 5. The number of fused-ring (bicyclic) bond motifs is 4. The maximum Gasteiger partial charge on any atom is 0.0543 e. The van der Waals surface area contributed by atoms with E-state index in [9.17, 15) is 5.11 Å². The first-order valence-corrected chi connectivity index (χ1v) is 13.1. The number of hydrogen-bond acceptors (Lipinski definition) is 1. The van der Waals surface area contributed by atoms with Gasteiger partial charge in [0.15, 0.2) is 0 Å². The molecule has 0 aromatic rings. The predicted octanol–water partition coefficient (Wildman–Crippen LogP) is 8.09. The van der Waals surface area contributed by atoms with Crippen LogP contribution in [-0.4, -0.2) is 11.2 Å². The third kappa shape index (κ3) is 3.28. The van der Waals surface area contributed by atoms with Crippen molar-refractivity contribution in [3.05, 3.63) is 23.3 Å². The van der Waals surface area contributed by atoms with Gasteiger partial charge in [-0.05, 0) is 111 Å². The fraction of sp³-hybridized carbons (Fsp3) is 0.862. The molecule has 0 saturated heterocycles. The Balaban J connectivity index is 1.59. The Labute approximate surface area is 186 Å². The average molecular weight is 413 g/mol. The molecule has 2 fully saturated rings. The molecule has 4 aliphatic rings. The van der Waals surface area contributed by atoms with Crippen LogP contribution >= 0.6 is 0 Å². The van der Waals surface area contributed by atoms with E-state index in [1.807, 2.05) is 11.1 Å². The first kappa shape index (κ1) is 22.6. The lowest BCUT2D eigenvalue weighted by Crippen LogP contribution is -2.49. The van der Waals surface area contributed by atoms with Gasteiger partial charge in [0.2, 0.25) is 0 Å². The Kier molecular flexibility index (Phi) is 5.87. The quantitative estimate of drug-likeness (QED) is 0.452. The van der Waals surface area contributed by atoms with Crippen LogP contribution < -0.4 is 0 Å². The SMILES string of the molecule is C=C(CC[C@@H](C)[C@H]1CC[C@@]2(C)C3=C(CC[C@]12C)[C@@]1(C)CC[C@@H](O)C[C@@H]1CC3)C(C)C. The Hall–Kier alpha value is -0.560. The van der Waals surface area contributed by atoms with Crippen LogP contribution in [0.5, 0.6) is 0 Å². The number of hydrogen-bond donors (Lipinski definition) is 1. The summed E-state index contributed by atoms with van der Waals surface area (Å²) >= 11 is 0. The van der Waals surface area contributed by atoms with Gasteiger partial charge in [0.05, 0.1) is 6.10 Å². The zero-order valence-electron chi connectivity index (χ0n) is 20.8. The highest BCUT2D eigenvalue weighted by Crippen LogP contribution is 2.71. The molecule has 4 aliphatic carbocycles. The summed E-state index contributed by atoms with van der Waals surface area (Å²) in [5.74, 6) is 2.99. The fourth-order valence-corrected chi connectivity index (χ4v) is 8.68. The molecule has 30 heavy (non-hydrogen) atoms. The second kappa shape index (κ2) is 7.79. The maximum absolute atomic E-state index is 10.3. The predicted molar refractivity (Wildman–Crippen MR) is 128 cm³/mol. The molecule has 0 heterocycles. The monoisotopic (exact) mass is 412 g/mol. The number of aliphatic hydroxyl groups excluding tert-OH is 1. The Morgan fingerprint density at radius 3 is 2.43 bits per heavy atom. The summed E-state index contributed by atoms with van der Waals surface area (Å²) in [5, 5.41) is 10.3. The normalized spacial score (nSPS) is 44.5. The van der Waals surface area contributed by atoms with Gasteiger partial charge in [0.1, 0.15) is 0 Å². The summed E-state index contributed by atoms with van der Waals surface area (Å²) in [4.78, 5) is 0. The van der Waals surface area contributed by atoms with Gasteiger partial charge in [-0.2, -0.15) is 0 Å². The van der Waals surface area contributed by atoms with Crippen molar-refractivity contribution in [3.8, 4) is 0 Å². The molecule has 0 aromatic heterocycles. The van der Waals surface area contributed by atoms with Gasteiger partial charge in [-0.25, -0.2) is 0 Å². The molecule has 0 radical (unpaired) electrons. The van der Waals surface area contributed by atoms with Gasteiger partial charge in [-0.3, -0.25) is 0 Å². The minimum atomic E-state index is -0.0491. The van der Waals surface area contributed by atoms with Crippen molar-refractivity contribution in [2.24, 2.45) is 39.9 Å². The second-order valence-corrected chi connectivity index (χ2v) is 12.8. The smallest absolute Gasteiger partial charge is 0.0543 e. The van der Waals surface area contributed by atoms with Crippen LogP contribution in [-0.2, 0) is 0 Å². The highest BCUT2D eigenvalue weighted by Gasteiger charge is 2.61. The minimum absolute atomic E-state index is 0.0491. The van der Waals surface area contributed by atoms with Crippen molar-refractivity contribution in [2.75, 3.05) is 0 Å². The second-order valence-electron chi connectivity index (χ2n) is 12.8. The van der Waals surface area contributed by atoms with E-state index in [0.29, 0.717) is 28.1 Å². The van der Waals surface area contributed by atoms with Crippen LogP contribution in [0.4, 0.5) is 0 Å². The Bertz CT molecular complexity index is 716. The van der Waals surface area contributed by atoms with Crippen LogP contribution in [0.1, 0.15) is 112 Å². The van der Waals surface area contributed by atoms with Gasteiger partial charge in [0.25, 0.3) is 0 Å². The molecule has 0 amide bonds. The Morgan fingerprint density at radius 2 is 1.73 bits per heavy atom. The van der Waals surface area contributed by atoms with Crippen LogP contribution in [0.3, 0.4) is 0 Å². The van der Waals surface area contributed by atoms with E-state index in [0.717, 1.165) is 24.7 Å². The van der Waals surface area contributed by atoms with Crippen molar-refractivity contribution in [1.29, 1.82) is 0 Å². The van der Waals surface area contributed by atoms with Gasteiger partial charge >= 0.3 is 0 Å². The van der Waals surface area contributed by atoms with E-state index in [2.05, 4.69) is 48.1 Å². The summed E-state index contributed by atoms with van der Waals surface area (Å²) in [7, 11) is 0. The molecule has 0 unspecified atom stereocenters. The molecule has 4 rings (SSSR count). The van der Waals surface area contributed by atoms with Crippen molar-refractivity contribution < 1.29 is 5.11 Å². The first-order valence-electron chi connectivity index (χ1n) is 13.1. The summed E-state index contributed by atoms with van der Waals surface area (Å²) in [6, 6.07) is 0. The average Bonchev–Trinajstić information content (AvgIpc) is 2.97. The van der Waals surface area contributed by atoms with Gasteiger partial charge in [0, 0.05) is 0 Å². The van der Waals surface area contributed by atoms with Crippen LogP contribution in [0.2, 0.25) is 0 Å². The van der Waals surface area contributed by atoms with E-state index < -0.39 is 0 Å². The molecule has 0 aliphatic heterocycles. The lowest BCUT2D eigenvalue weighted by molar-refractivity contribution is -0.00485. The van der Waals surface area contributed by atoms with Crippen LogP contribution in [0, 0.1) is 39.9 Å². The minimum Gasteiger partial charge on any atom is -0.393 e. The van der Waals surface area contributed by atoms with Crippen LogP contribution in [0.15, 0.2) is 23.3 Å². The summed E-state index contributed by atoms with van der Waals surface area (Å²) < 4.78 is 0. The van der Waals surface area contributed by atoms with Crippen molar-refractivity contribution in [1.82, 2.24) is 0 Å². The number of aliphatic hydroxyl groups is 1. The highest BCUT2D eigenvalue weighted by molar-refractivity contribution is 5.38. The molecule has 2 saturated carbocycles. The van der Waals surface area contributed by atoms with Gasteiger partial charge < -0.3 is 5.11 Å². The molecule has 0 aromatic carbocycles. The molecule has 0 bridgehead atoms. The molecular formula is C29H48O. The third-order valence-electron chi connectivity index (χ3n) is 11.3. The lowest BCUT2D eigenvalue weighted by atomic mass is 9.46. The van der Waals surface area contributed by atoms with Crippen molar-refractivity contribution in [2.45, 2.75) is 118 Å². The molecule has 170 valence electrons. The van der Waals surface area contributed by atoms with Gasteiger partial charge in [-0.15, -0.1) is 0 Å². The fourth-order valence-electron chi connectivity index (χ4n) is 8.68. The molecule has 1 heteroatoms. The maximum atomic E-state index is 10.3. The summed E-state index contributed by atoms with van der Waals surface area (Å²) in [6.07, 6.45) is 13.9. The number of allylic oxidation sites excluding steroid dienone is 3. The Morgan fingerprint density at radius 1 is 1.00 bits per heavy atom. The van der Waals surface area contributed by atoms with Crippen LogP contribution in [0.25, 0.3) is 0 Å². The molecular weight excluding hydrogens is 364 g/mol. The molecule has 7 atom stereocenters. The molecule has 1 N–H and O–H groups in total. The van der Waals surface area contributed by atoms with E-state index in [1.165, 1.54) is 63.4 Å². The third-order valence-corrected chi connectivity index (χ3v) is 11.3. The largest absolute Gasteiger partial charge is 0.393 e. The highest BCUT2D eigenvalue weighted by atomic mass is 16.3. The lowest BCUT2D eigenvalue weighted by Gasteiger charge is -2.59. The molecule has 0 spiro atoms. The van der Waals surface area contributed by atoms with E-state index >= 15 is 0 Å². The van der Waals surface area contributed by atoms with Crippen molar-refractivity contribution in [3.63, 3.8) is 0 Å².